The summed E-state index contributed by atoms with van der Waals surface area (Å²) in [6, 6.07) is 0. The molecule has 0 aromatic rings. The van der Waals surface area contributed by atoms with E-state index < -0.39 is 0 Å². The Bertz CT molecular complexity index is 211. The molecule has 0 fully saturated rings. The summed E-state index contributed by atoms with van der Waals surface area (Å²) in [5.41, 5.74) is 0. The van der Waals surface area contributed by atoms with Crippen molar-refractivity contribution in [2.45, 2.75) is 66.3 Å². The third-order valence-electron chi connectivity index (χ3n) is 3.13. The molecule has 0 rings (SSSR count). The van der Waals surface area contributed by atoms with Crippen LogP contribution in [0.1, 0.15) is 48.0 Å². The fraction of sp³-hybridized carbons (Fsp3) is 1.00. The summed E-state index contributed by atoms with van der Waals surface area (Å²) in [5, 5.41) is 0. The normalized spacial score (nSPS) is 17.7. The zero-order valence-corrected chi connectivity index (χ0v) is 14.2. The van der Waals surface area contributed by atoms with E-state index >= 15 is 0 Å². The van der Waals surface area contributed by atoms with Crippen LogP contribution in [0.3, 0.4) is 0 Å². The van der Waals surface area contributed by atoms with E-state index in [0.717, 1.165) is 19.6 Å². The van der Waals surface area contributed by atoms with Crippen molar-refractivity contribution in [3.05, 3.63) is 0 Å². The Kier molecular flexibility index (Phi) is 12.5. The molecule has 0 aliphatic heterocycles. The minimum absolute atomic E-state index is 0.0786. The molecule has 0 heterocycles. The molecule has 4 unspecified atom stereocenters. The molecular weight excluding hydrogens is 256 g/mol. The van der Waals surface area contributed by atoms with Crippen LogP contribution in [0, 0.1) is 5.92 Å². The van der Waals surface area contributed by atoms with Crippen LogP contribution in [-0.4, -0.2) is 51.3 Å². The Morgan fingerprint density at radius 2 is 1.15 bits per heavy atom. The van der Waals surface area contributed by atoms with Gasteiger partial charge in [-0.3, -0.25) is 0 Å². The largest absolute Gasteiger partial charge is 0.378 e. The molecule has 0 aromatic carbocycles. The fourth-order valence-corrected chi connectivity index (χ4v) is 1.58. The molecule has 0 aliphatic carbocycles. The summed E-state index contributed by atoms with van der Waals surface area (Å²) in [6.07, 6.45) is 1.47. The predicted octanol–water partition coefficient (Wildman–Crippen LogP) is 3.28. The van der Waals surface area contributed by atoms with Gasteiger partial charge in [0.25, 0.3) is 0 Å². The first-order chi connectivity index (χ1) is 9.49. The van der Waals surface area contributed by atoms with Gasteiger partial charge < -0.3 is 18.9 Å². The molecule has 0 saturated heterocycles. The van der Waals surface area contributed by atoms with Gasteiger partial charge in [0, 0.05) is 13.2 Å². The predicted molar refractivity (Wildman–Crippen MR) is 82.2 cm³/mol. The minimum Gasteiger partial charge on any atom is -0.378 e. The van der Waals surface area contributed by atoms with Gasteiger partial charge in [-0.25, -0.2) is 0 Å². The van der Waals surface area contributed by atoms with E-state index in [1.165, 1.54) is 0 Å². The van der Waals surface area contributed by atoms with Gasteiger partial charge in [0.1, 0.15) is 0 Å². The van der Waals surface area contributed by atoms with E-state index in [4.69, 9.17) is 18.9 Å². The van der Waals surface area contributed by atoms with Gasteiger partial charge >= 0.3 is 0 Å². The van der Waals surface area contributed by atoms with Crippen LogP contribution < -0.4 is 0 Å². The van der Waals surface area contributed by atoms with Crippen LogP contribution >= 0.6 is 0 Å². The van der Waals surface area contributed by atoms with Gasteiger partial charge in [0.15, 0.2) is 0 Å². The third kappa shape index (κ3) is 11.6. The summed E-state index contributed by atoms with van der Waals surface area (Å²) < 4.78 is 22.4. The van der Waals surface area contributed by atoms with Crippen molar-refractivity contribution >= 4 is 0 Å². The van der Waals surface area contributed by atoms with Crippen molar-refractivity contribution in [2.75, 3.05) is 33.0 Å². The second-order valence-corrected chi connectivity index (χ2v) is 5.60. The van der Waals surface area contributed by atoms with Crippen molar-refractivity contribution < 1.29 is 18.9 Å². The summed E-state index contributed by atoms with van der Waals surface area (Å²) in [6.45, 7) is 15.8. The third-order valence-corrected chi connectivity index (χ3v) is 3.13. The Balaban J connectivity index is 3.55. The minimum atomic E-state index is 0.0786. The molecule has 122 valence electrons. The number of hydrogen-bond acceptors (Lipinski definition) is 4. The highest BCUT2D eigenvalue weighted by molar-refractivity contribution is 4.55. The SMILES string of the molecule is CCOC(C)COC(C)COC(C)COCC(C)CC. The van der Waals surface area contributed by atoms with Crippen molar-refractivity contribution in [1.29, 1.82) is 0 Å². The highest BCUT2D eigenvalue weighted by atomic mass is 16.6. The first kappa shape index (κ1) is 19.8. The monoisotopic (exact) mass is 290 g/mol. The summed E-state index contributed by atoms with van der Waals surface area (Å²) in [4.78, 5) is 0. The Morgan fingerprint density at radius 1 is 0.650 bits per heavy atom. The molecule has 0 aromatic heterocycles. The first-order valence-corrected chi connectivity index (χ1v) is 7.92. The topological polar surface area (TPSA) is 36.9 Å². The molecule has 4 heteroatoms. The first-order valence-electron chi connectivity index (χ1n) is 7.92. The second-order valence-electron chi connectivity index (χ2n) is 5.60. The highest BCUT2D eigenvalue weighted by Crippen LogP contribution is 2.03. The number of hydrogen-bond donors (Lipinski definition) is 0. The number of ether oxygens (including phenoxy) is 4. The Morgan fingerprint density at radius 3 is 1.65 bits per heavy atom. The van der Waals surface area contributed by atoms with Crippen LogP contribution in [-0.2, 0) is 18.9 Å². The highest BCUT2D eigenvalue weighted by Gasteiger charge is 2.10. The fourth-order valence-electron chi connectivity index (χ4n) is 1.58. The van der Waals surface area contributed by atoms with Crippen molar-refractivity contribution in [2.24, 2.45) is 5.92 Å². The smallest absolute Gasteiger partial charge is 0.0781 e. The molecule has 0 bridgehead atoms. The Labute approximate surface area is 125 Å². The molecular formula is C16H34O4. The summed E-state index contributed by atoms with van der Waals surface area (Å²) in [5.74, 6) is 0.615. The molecule has 0 radical (unpaired) electrons. The average Bonchev–Trinajstić information content (AvgIpc) is 2.43. The molecule has 0 saturated carbocycles. The number of rotatable bonds is 13. The van der Waals surface area contributed by atoms with Gasteiger partial charge in [0.05, 0.1) is 38.1 Å². The van der Waals surface area contributed by atoms with Gasteiger partial charge in [-0.1, -0.05) is 20.3 Å². The van der Waals surface area contributed by atoms with Crippen molar-refractivity contribution in [3.8, 4) is 0 Å². The molecule has 0 aliphatic rings. The van der Waals surface area contributed by atoms with Gasteiger partial charge in [-0.2, -0.15) is 0 Å². The standard InChI is InChI=1S/C16H34O4/c1-7-13(3)9-17-10-14(4)19-12-16(6)20-11-15(5)18-8-2/h13-16H,7-12H2,1-6H3. The van der Waals surface area contributed by atoms with Crippen LogP contribution in [0.4, 0.5) is 0 Å². The quantitative estimate of drug-likeness (QED) is 0.521. The van der Waals surface area contributed by atoms with E-state index in [-0.39, 0.29) is 18.3 Å². The van der Waals surface area contributed by atoms with Crippen molar-refractivity contribution in [3.63, 3.8) is 0 Å². The lowest BCUT2D eigenvalue weighted by Gasteiger charge is -2.20. The maximum Gasteiger partial charge on any atom is 0.0781 e. The lowest BCUT2D eigenvalue weighted by molar-refractivity contribution is -0.0802. The lowest BCUT2D eigenvalue weighted by atomic mass is 10.1. The van der Waals surface area contributed by atoms with E-state index in [0.29, 0.717) is 25.7 Å². The molecule has 0 N–H and O–H groups in total. The molecule has 0 spiro atoms. The molecule has 4 atom stereocenters. The van der Waals surface area contributed by atoms with Crippen molar-refractivity contribution in [1.82, 2.24) is 0 Å². The van der Waals surface area contributed by atoms with Crippen LogP contribution in [0.2, 0.25) is 0 Å². The maximum absolute atomic E-state index is 5.72. The van der Waals surface area contributed by atoms with E-state index in [9.17, 15) is 0 Å². The van der Waals surface area contributed by atoms with Gasteiger partial charge in [0.2, 0.25) is 0 Å². The summed E-state index contributed by atoms with van der Waals surface area (Å²) in [7, 11) is 0. The zero-order valence-electron chi connectivity index (χ0n) is 14.2. The molecule has 4 nitrogen and oxygen atoms in total. The molecule has 20 heavy (non-hydrogen) atoms. The lowest BCUT2D eigenvalue weighted by Crippen LogP contribution is -2.27. The van der Waals surface area contributed by atoms with E-state index in [1.54, 1.807) is 0 Å². The zero-order chi connectivity index (χ0) is 15.4. The Hall–Kier alpha value is -0.160. The maximum atomic E-state index is 5.72. The van der Waals surface area contributed by atoms with Crippen LogP contribution in [0.15, 0.2) is 0 Å². The van der Waals surface area contributed by atoms with Gasteiger partial charge in [-0.15, -0.1) is 0 Å². The van der Waals surface area contributed by atoms with E-state index in [2.05, 4.69) is 13.8 Å². The summed E-state index contributed by atoms with van der Waals surface area (Å²) >= 11 is 0. The molecule has 0 amide bonds. The average molecular weight is 290 g/mol. The van der Waals surface area contributed by atoms with E-state index in [1.807, 2.05) is 27.7 Å². The second kappa shape index (κ2) is 12.6. The van der Waals surface area contributed by atoms with Gasteiger partial charge in [-0.05, 0) is 33.6 Å². The van der Waals surface area contributed by atoms with Crippen LogP contribution in [0.5, 0.6) is 0 Å². The van der Waals surface area contributed by atoms with Crippen LogP contribution in [0.25, 0.3) is 0 Å².